The van der Waals surface area contributed by atoms with E-state index in [0.717, 1.165) is 0 Å². The highest BCUT2D eigenvalue weighted by molar-refractivity contribution is 6.11. The number of hydrogen-bond donors (Lipinski definition) is 2. The molecule has 0 saturated carbocycles. The number of carbonyl (C=O) groups is 2. The van der Waals surface area contributed by atoms with Crippen LogP contribution in [0.1, 0.15) is 20.8 Å². The monoisotopic (exact) mass is 310 g/mol. The number of carboxylic acid groups (broad SMARTS) is 1. The van der Waals surface area contributed by atoms with Crippen LogP contribution in [-0.4, -0.2) is 22.0 Å². The summed E-state index contributed by atoms with van der Waals surface area (Å²) in [6.07, 6.45) is 0. The van der Waals surface area contributed by atoms with Crippen LogP contribution in [0.25, 0.3) is 10.9 Å². The lowest BCUT2D eigenvalue weighted by Gasteiger charge is -2.09. The van der Waals surface area contributed by atoms with Crippen molar-refractivity contribution in [3.8, 4) is 0 Å². The molecular weight excluding hydrogens is 299 g/mol. The van der Waals surface area contributed by atoms with Crippen LogP contribution in [0.2, 0.25) is 0 Å². The SMILES string of the molecule is O=C(Nc1ccc(F)cc1)c1cc2ccccc2nc1C(=O)O. The first-order valence-electron chi connectivity index (χ1n) is 6.74. The maximum absolute atomic E-state index is 12.9. The van der Waals surface area contributed by atoms with E-state index in [1.54, 1.807) is 24.3 Å². The van der Waals surface area contributed by atoms with Gasteiger partial charge in [0.15, 0.2) is 5.69 Å². The summed E-state index contributed by atoms with van der Waals surface area (Å²) in [4.78, 5) is 27.8. The third kappa shape index (κ3) is 3.01. The maximum Gasteiger partial charge on any atom is 0.355 e. The van der Waals surface area contributed by atoms with Crippen molar-refractivity contribution >= 4 is 28.5 Å². The zero-order valence-corrected chi connectivity index (χ0v) is 11.8. The summed E-state index contributed by atoms with van der Waals surface area (Å²) in [5.41, 5.74) is 0.466. The number of fused-ring (bicyclic) bond motifs is 1. The molecule has 6 heteroatoms. The molecule has 114 valence electrons. The zero-order valence-electron chi connectivity index (χ0n) is 11.8. The van der Waals surface area contributed by atoms with Gasteiger partial charge in [-0.05, 0) is 36.4 Å². The molecule has 0 atom stereocenters. The fourth-order valence-corrected chi connectivity index (χ4v) is 2.18. The zero-order chi connectivity index (χ0) is 16.4. The van der Waals surface area contributed by atoms with Crippen LogP contribution in [0, 0.1) is 5.82 Å². The molecular formula is C17H11FN2O3. The lowest BCUT2D eigenvalue weighted by atomic mass is 10.1. The molecule has 0 unspecified atom stereocenters. The number of nitrogens with one attached hydrogen (secondary N) is 1. The molecule has 0 bridgehead atoms. The minimum Gasteiger partial charge on any atom is -0.476 e. The molecule has 0 saturated heterocycles. The second kappa shape index (κ2) is 5.84. The van der Waals surface area contributed by atoms with E-state index in [-0.39, 0.29) is 11.3 Å². The van der Waals surface area contributed by atoms with Gasteiger partial charge >= 0.3 is 5.97 Å². The molecule has 2 N–H and O–H groups in total. The molecule has 1 amide bonds. The van der Waals surface area contributed by atoms with Crippen molar-refractivity contribution < 1.29 is 19.1 Å². The lowest BCUT2D eigenvalue weighted by Crippen LogP contribution is -2.18. The molecule has 2 aromatic carbocycles. The van der Waals surface area contributed by atoms with Crippen LogP contribution in [0.3, 0.4) is 0 Å². The number of amides is 1. The minimum absolute atomic E-state index is 0.0551. The Bertz CT molecular complexity index is 907. The summed E-state index contributed by atoms with van der Waals surface area (Å²) in [6.45, 7) is 0. The highest BCUT2D eigenvalue weighted by Gasteiger charge is 2.19. The van der Waals surface area contributed by atoms with Gasteiger partial charge in [0.25, 0.3) is 5.91 Å². The van der Waals surface area contributed by atoms with Crippen molar-refractivity contribution in [3.63, 3.8) is 0 Å². The van der Waals surface area contributed by atoms with Crippen LogP contribution in [0.15, 0.2) is 54.6 Å². The number of pyridine rings is 1. The third-order valence-electron chi connectivity index (χ3n) is 3.27. The van der Waals surface area contributed by atoms with E-state index in [2.05, 4.69) is 10.3 Å². The van der Waals surface area contributed by atoms with Crippen molar-refractivity contribution in [1.82, 2.24) is 4.98 Å². The Labute approximate surface area is 130 Å². The molecule has 23 heavy (non-hydrogen) atoms. The number of hydrogen-bond acceptors (Lipinski definition) is 3. The predicted octanol–water partition coefficient (Wildman–Crippen LogP) is 3.32. The number of para-hydroxylation sites is 1. The van der Waals surface area contributed by atoms with Gasteiger partial charge in [-0.15, -0.1) is 0 Å². The summed E-state index contributed by atoms with van der Waals surface area (Å²) < 4.78 is 12.9. The Kier molecular flexibility index (Phi) is 3.72. The largest absolute Gasteiger partial charge is 0.476 e. The second-order valence-corrected chi connectivity index (χ2v) is 4.84. The van der Waals surface area contributed by atoms with Crippen LogP contribution in [0.5, 0.6) is 0 Å². The van der Waals surface area contributed by atoms with Gasteiger partial charge in [0, 0.05) is 11.1 Å². The number of halogens is 1. The van der Waals surface area contributed by atoms with Gasteiger partial charge in [0.1, 0.15) is 5.82 Å². The lowest BCUT2D eigenvalue weighted by molar-refractivity contribution is 0.0686. The molecule has 0 fully saturated rings. The number of rotatable bonds is 3. The number of carbonyl (C=O) groups excluding carboxylic acids is 1. The molecule has 1 aromatic heterocycles. The first kappa shape index (κ1) is 14.6. The van der Waals surface area contributed by atoms with Crippen LogP contribution >= 0.6 is 0 Å². The van der Waals surface area contributed by atoms with Crippen molar-refractivity contribution in [1.29, 1.82) is 0 Å². The molecule has 0 spiro atoms. The van der Waals surface area contributed by atoms with Crippen molar-refractivity contribution in [2.24, 2.45) is 0 Å². The Balaban J connectivity index is 2.02. The Hall–Kier alpha value is -3.28. The molecule has 0 radical (unpaired) electrons. The first-order valence-corrected chi connectivity index (χ1v) is 6.74. The molecule has 3 aromatic rings. The number of aromatic nitrogens is 1. The second-order valence-electron chi connectivity index (χ2n) is 4.84. The Morgan fingerprint density at radius 2 is 1.74 bits per heavy atom. The van der Waals surface area contributed by atoms with E-state index in [4.69, 9.17) is 0 Å². The smallest absolute Gasteiger partial charge is 0.355 e. The molecule has 0 aliphatic rings. The fraction of sp³-hybridized carbons (Fsp3) is 0. The molecule has 1 heterocycles. The van der Waals surface area contributed by atoms with E-state index in [0.29, 0.717) is 16.6 Å². The van der Waals surface area contributed by atoms with Gasteiger partial charge in [0.05, 0.1) is 11.1 Å². The van der Waals surface area contributed by atoms with Gasteiger partial charge in [-0.25, -0.2) is 14.2 Å². The van der Waals surface area contributed by atoms with Gasteiger partial charge in [-0.1, -0.05) is 18.2 Å². The van der Waals surface area contributed by atoms with Gasteiger partial charge in [-0.2, -0.15) is 0 Å². The van der Waals surface area contributed by atoms with Crippen molar-refractivity contribution in [2.75, 3.05) is 5.32 Å². The maximum atomic E-state index is 12.9. The number of anilines is 1. The quantitative estimate of drug-likeness (QED) is 0.777. The topological polar surface area (TPSA) is 79.3 Å². The minimum atomic E-state index is -1.29. The normalized spacial score (nSPS) is 10.5. The summed E-state index contributed by atoms with van der Waals surface area (Å²) in [7, 11) is 0. The van der Waals surface area contributed by atoms with Crippen LogP contribution < -0.4 is 5.32 Å². The van der Waals surface area contributed by atoms with Crippen LogP contribution in [0.4, 0.5) is 10.1 Å². The van der Waals surface area contributed by atoms with E-state index >= 15 is 0 Å². The summed E-state index contributed by atoms with van der Waals surface area (Å²) in [6, 6.07) is 13.6. The van der Waals surface area contributed by atoms with Gasteiger partial charge in [0.2, 0.25) is 0 Å². The third-order valence-corrected chi connectivity index (χ3v) is 3.27. The molecule has 0 aliphatic carbocycles. The standard InChI is InChI=1S/C17H11FN2O3/c18-11-5-7-12(8-6-11)19-16(21)13-9-10-3-1-2-4-14(10)20-15(13)17(22)23/h1-9H,(H,19,21)(H,22,23). The van der Waals surface area contributed by atoms with Gasteiger partial charge in [-0.3, -0.25) is 4.79 Å². The average Bonchev–Trinajstić information content (AvgIpc) is 2.55. The summed E-state index contributed by atoms with van der Waals surface area (Å²) in [5.74, 6) is -2.34. The predicted molar refractivity (Wildman–Crippen MR) is 83.1 cm³/mol. The number of benzene rings is 2. The summed E-state index contributed by atoms with van der Waals surface area (Å²) in [5, 5.41) is 12.5. The Morgan fingerprint density at radius 3 is 2.43 bits per heavy atom. The highest BCUT2D eigenvalue weighted by atomic mass is 19.1. The van der Waals surface area contributed by atoms with E-state index in [1.165, 1.54) is 30.3 Å². The van der Waals surface area contributed by atoms with Gasteiger partial charge < -0.3 is 10.4 Å². The van der Waals surface area contributed by atoms with E-state index in [9.17, 15) is 19.1 Å². The Morgan fingerprint density at radius 1 is 1.04 bits per heavy atom. The van der Waals surface area contributed by atoms with E-state index in [1.807, 2.05) is 0 Å². The van der Waals surface area contributed by atoms with Crippen molar-refractivity contribution in [2.45, 2.75) is 0 Å². The fourth-order valence-electron chi connectivity index (χ4n) is 2.18. The molecule has 5 nitrogen and oxygen atoms in total. The highest BCUT2D eigenvalue weighted by Crippen LogP contribution is 2.19. The van der Waals surface area contributed by atoms with Crippen molar-refractivity contribution in [3.05, 3.63) is 71.7 Å². The summed E-state index contributed by atoms with van der Waals surface area (Å²) >= 11 is 0. The number of aromatic carboxylic acids is 1. The number of nitrogens with zero attached hydrogens (tertiary/aromatic N) is 1. The molecule has 3 rings (SSSR count). The molecule has 0 aliphatic heterocycles. The average molecular weight is 310 g/mol. The number of carboxylic acids is 1. The first-order chi connectivity index (χ1) is 11.0. The van der Waals surface area contributed by atoms with Crippen LogP contribution in [-0.2, 0) is 0 Å². The van der Waals surface area contributed by atoms with E-state index < -0.39 is 17.7 Å².